The third-order valence-corrected chi connectivity index (χ3v) is 2.05. The number of pyridine rings is 1. The van der Waals surface area contributed by atoms with Gasteiger partial charge in [0.05, 0.1) is 0 Å². The van der Waals surface area contributed by atoms with Crippen molar-refractivity contribution in [2.75, 3.05) is 11.9 Å². The Morgan fingerprint density at radius 2 is 2.12 bits per heavy atom. The van der Waals surface area contributed by atoms with Gasteiger partial charge in [-0.05, 0) is 12.1 Å². The molecule has 0 amide bonds. The van der Waals surface area contributed by atoms with E-state index >= 15 is 0 Å². The normalized spacial score (nSPS) is 9.75. The molecule has 4 heteroatoms. The van der Waals surface area contributed by atoms with Gasteiger partial charge < -0.3 is 5.32 Å². The second kappa shape index (κ2) is 5.02. The van der Waals surface area contributed by atoms with Crippen molar-refractivity contribution in [1.29, 1.82) is 0 Å². The third kappa shape index (κ3) is 2.23. The molecule has 0 aliphatic carbocycles. The molecule has 0 aliphatic heterocycles. The lowest BCUT2D eigenvalue weighted by molar-refractivity contribution is 1.16. The first-order valence-corrected chi connectivity index (χ1v) is 4.98. The number of anilines is 1. The van der Waals surface area contributed by atoms with Crippen molar-refractivity contribution >= 4 is 5.82 Å². The van der Waals surface area contributed by atoms with Crippen LogP contribution in [0.3, 0.4) is 0 Å². The van der Waals surface area contributed by atoms with E-state index in [0.717, 1.165) is 17.1 Å². The van der Waals surface area contributed by atoms with Crippen molar-refractivity contribution in [2.24, 2.45) is 0 Å². The number of nitrogens with one attached hydrogen (secondary N) is 1. The lowest BCUT2D eigenvalue weighted by Gasteiger charge is -2.07. The van der Waals surface area contributed by atoms with E-state index in [-0.39, 0.29) is 0 Å². The molecule has 16 heavy (non-hydrogen) atoms. The Morgan fingerprint density at radius 1 is 1.25 bits per heavy atom. The molecule has 1 N–H and O–H groups in total. The maximum atomic E-state index is 4.30. The first kappa shape index (κ1) is 10.3. The highest BCUT2D eigenvalue weighted by Crippen LogP contribution is 2.21. The van der Waals surface area contributed by atoms with Gasteiger partial charge in [-0.15, -0.1) is 6.58 Å². The van der Waals surface area contributed by atoms with Gasteiger partial charge in [-0.25, -0.2) is 4.98 Å². The van der Waals surface area contributed by atoms with Crippen LogP contribution in [0.15, 0.2) is 49.6 Å². The summed E-state index contributed by atoms with van der Waals surface area (Å²) in [7, 11) is 0. The summed E-state index contributed by atoms with van der Waals surface area (Å²) < 4.78 is 0. The Bertz CT molecular complexity index is 467. The number of hydrogen-bond acceptors (Lipinski definition) is 4. The monoisotopic (exact) mass is 212 g/mol. The van der Waals surface area contributed by atoms with Gasteiger partial charge in [0.25, 0.3) is 0 Å². The molecular formula is C12H12N4. The van der Waals surface area contributed by atoms with E-state index in [2.05, 4.69) is 26.8 Å². The molecule has 2 aromatic heterocycles. The molecule has 0 aliphatic rings. The fraction of sp³-hybridized carbons (Fsp3) is 0.0833. The van der Waals surface area contributed by atoms with Gasteiger partial charge in [-0.1, -0.05) is 6.08 Å². The van der Waals surface area contributed by atoms with Crippen LogP contribution in [0.1, 0.15) is 0 Å². The van der Waals surface area contributed by atoms with E-state index in [0.29, 0.717) is 6.54 Å². The van der Waals surface area contributed by atoms with Crippen LogP contribution in [-0.2, 0) is 0 Å². The topological polar surface area (TPSA) is 50.7 Å². The molecule has 0 saturated carbocycles. The average Bonchev–Trinajstić information content (AvgIpc) is 2.38. The number of hydrogen-bond donors (Lipinski definition) is 1. The van der Waals surface area contributed by atoms with Gasteiger partial charge in [0, 0.05) is 36.9 Å². The Morgan fingerprint density at radius 3 is 2.88 bits per heavy atom. The molecule has 0 aromatic carbocycles. The minimum Gasteiger partial charge on any atom is -0.365 e. The maximum absolute atomic E-state index is 4.30. The zero-order valence-electron chi connectivity index (χ0n) is 8.80. The first-order valence-electron chi connectivity index (χ1n) is 4.98. The van der Waals surface area contributed by atoms with E-state index in [1.807, 2.05) is 12.1 Å². The van der Waals surface area contributed by atoms with Gasteiger partial charge in [0.15, 0.2) is 5.82 Å². The summed E-state index contributed by atoms with van der Waals surface area (Å²) in [5, 5.41) is 3.14. The van der Waals surface area contributed by atoms with E-state index in [4.69, 9.17) is 0 Å². The van der Waals surface area contributed by atoms with Crippen LogP contribution in [0, 0.1) is 0 Å². The van der Waals surface area contributed by atoms with Crippen molar-refractivity contribution in [3.05, 3.63) is 49.6 Å². The lowest BCUT2D eigenvalue weighted by Crippen LogP contribution is -2.03. The molecule has 0 bridgehead atoms. The van der Waals surface area contributed by atoms with Crippen molar-refractivity contribution in [1.82, 2.24) is 15.0 Å². The Balaban J connectivity index is 2.36. The quantitative estimate of drug-likeness (QED) is 0.789. The summed E-state index contributed by atoms with van der Waals surface area (Å²) in [6.07, 6.45) is 8.61. The van der Waals surface area contributed by atoms with E-state index in [9.17, 15) is 0 Å². The second-order valence-electron chi connectivity index (χ2n) is 3.16. The van der Waals surface area contributed by atoms with Crippen molar-refractivity contribution < 1.29 is 0 Å². The predicted octanol–water partition coefficient (Wildman–Crippen LogP) is 2.14. The van der Waals surface area contributed by atoms with Gasteiger partial charge in [0.1, 0.15) is 5.69 Å². The highest BCUT2D eigenvalue weighted by Gasteiger charge is 2.06. The van der Waals surface area contributed by atoms with Crippen LogP contribution >= 0.6 is 0 Å². The van der Waals surface area contributed by atoms with Gasteiger partial charge >= 0.3 is 0 Å². The standard InChI is InChI=1S/C12H12N4/c1-2-5-15-12-11(14-7-8-16-12)10-4-3-6-13-9-10/h2-4,6-9H,1,5H2,(H,15,16). The van der Waals surface area contributed by atoms with Crippen LogP contribution in [0.25, 0.3) is 11.3 Å². The predicted molar refractivity (Wildman–Crippen MR) is 63.9 cm³/mol. The van der Waals surface area contributed by atoms with E-state index in [1.54, 1.807) is 30.9 Å². The lowest BCUT2D eigenvalue weighted by atomic mass is 10.2. The molecule has 2 aromatic rings. The number of rotatable bonds is 4. The largest absolute Gasteiger partial charge is 0.365 e. The number of aromatic nitrogens is 3. The van der Waals surface area contributed by atoms with Crippen LogP contribution < -0.4 is 5.32 Å². The van der Waals surface area contributed by atoms with Gasteiger partial charge in [0.2, 0.25) is 0 Å². The minimum atomic E-state index is 0.659. The van der Waals surface area contributed by atoms with Crippen LogP contribution in [0.5, 0.6) is 0 Å². The zero-order chi connectivity index (χ0) is 11.2. The van der Waals surface area contributed by atoms with Crippen molar-refractivity contribution in [2.45, 2.75) is 0 Å². The van der Waals surface area contributed by atoms with Crippen LogP contribution in [0.4, 0.5) is 5.82 Å². The van der Waals surface area contributed by atoms with Crippen molar-refractivity contribution in [3.63, 3.8) is 0 Å². The molecule has 0 spiro atoms. The zero-order valence-corrected chi connectivity index (χ0v) is 8.80. The minimum absolute atomic E-state index is 0.659. The molecule has 0 saturated heterocycles. The molecule has 80 valence electrons. The molecule has 0 unspecified atom stereocenters. The number of nitrogens with zero attached hydrogens (tertiary/aromatic N) is 3. The van der Waals surface area contributed by atoms with Crippen LogP contribution in [-0.4, -0.2) is 21.5 Å². The molecule has 0 atom stereocenters. The summed E-state index contributed by atoms with van der Waals surface area (Å²) >= 11 is 0. The molecule has 2 rings (SSSR count). The molecule has 2 heterocycles. The highest BCUT2D eigenvalue weighted by molar-refractivity contribution is 5.70. The van der Waals surface area contributed by atoms with E-state index in [1.165, 1.54) is 0 Å². The molecule has 4 nitrogen and oxygen atoms in total. The van der Waals surface area contributed by atoms with Crippen LogP contribution in [0.2, 0.25) is 0 Å². The Hall–Kier alpha value is -2.23. The molecule has 0 fully saturated rings. The third-order valence-electron chi connectivity index (χ3n) is 2.05. The summed E-state index contributed by atoms with van der Waals surface area (Å²) in [4.78, 5) is 12.6. The fourth-order valence-corrected chi connectivity index (χ4v) is 1.35. The van der Waals surface area contributed by atoms with Gasteiger partial charge in [-0.3, -0.25) is 9.97 Å². The molecular weight excluding hydrogens is 200 g/mol. The first-order chi connectivity index (χ1) is 7.92. The van der Waals surface area contributed by atoms with E-state index < -0.39 is 0 Å². The summed E-state index contributed by atoms with van der Waals surface area (Å²) in [6.45, 7) is 4.31. The highest BCUT2D eigenvalue weighted by atomic mass is 15.0. The summed E-state index contributed by atoms with van der Waals surface area (Å²) in [6, 6.07) is 3.83. The second-order valence-corrected chi connectivity index (χ2v) is 3.16. The maximum Gasteiger partial charge on any atom is 0.152 e. The van der Waals surface area contributed by atoms with Crippen molar-refractivity contribution in [3.8, 4) is 11.3 Å². The summed E-state index contributed by atoms with van der Waals surface area (Å²) in [5.74, 6) is 0.746. The smallest absolute Gasteiger partial charge is 0.152 e. The molecule has 0 radical (unpaired) electrons. The Kier molecular flexibility index (Phi) is 3.23. The SMILES string of the molecule is C=CCNc1nccnc1-c1cccnc1. The van der Waals surface area contributed by atoms with Gasteiger partial charge in [-0.2, -0.15) is 0 Å². The summed E-state index contributed by atoms with van der Waals surface area (Å²) in [5.41, 5.74) is 1.75. The fourth-order valence-electron chi connectivity index (χ4n) is 1.35. The average molecular weight is 212 g/mol. The Labute approximate surface area is 94.1 Å².